The lowest BCUT2D eigenvalue weighted by Gasteiger charge is -2.12. The summed E-state index contributed by atoms with van der Waals surface area (Å²) in [7, 11) is 0. The van der Waals surface area contributed by atoms with Gasteiger partial charge in [0.15, 0.2) is 0 Å². The van der Waals surface area contributed by atoms with E-state index >= 15 is 0 Å². The predicted octanol–water partition coefficient (Wildman–Crippen LogP) is 2.34. The molecule has 2 N–H and O–H groups in total. The largest absolute Gasteiger partial charge is 0.398 e. The first-order chi connectivity index (χ1) is 7.27. The Balaban J connectivity index is 1.97. The molecule has 82 valence electrons. The van der Waals surface area contributed by atoms with Crippen molar-refractivity contribution < 1.29 is 9.47 Å². The van der Waals surface area contributed by atoms with Crippen LogP contribution in [0.5, 0.6) is 0 Å². The minimum absolute atomic E-state index is 0.219. The maximum atomic E-state index is 5.86. The highest BCUT2D eigenvalue weighted by Crippen LogP contribution is 2.24. The summed E-state index contributed by atoms with van der Waals surface area (Å²) >= 11 is 3.47. The number of hydrogen-bond donors (Lipinski definition) is 1. The molecule has 0 saturated carbocycles. The molecule has 2 rings (SSSR count). The number of nitrogens with two attached hydrogens (primary N) is 1. The summed E-state index contributed by atoms with van der Waals surface area (Å²) in [5.74, 6) is 0. The number of benzene rings is 1. The van der Waals surface area contributed by atoms with E-state index < -0.39 is 0 Å². The van der Waals surface area contributed by atoms with Gasteiger partial charge in [-0.25, -0.2) is 0 Å². The van der Waals surface area contributed by atoms with Crippen molar-refractivity contribution in [2.45, 2.75) is 19.1 Å². The number of halogens is 1. The van der Waals surface area contributed by atoms with Gasteiger partial charge < -0.3 is 15.2 Å². The van der Waals surface area contributed by atoms with Crippen LogP contribution < -0.4 is 5.73 Å². The van der Waals surface area contributed by atoms with Crippen LogP contribution >= 0.6 is 15.9 Å². The maximum Gasteiger partial charge on any atom is 0.0835 e. The highest BCUT2D eigenvalue weighted by Gasteiger charge is 2.16. The lowest BCUT2D eigenvalue weighted by molar-refractivity contribution is 0.0318. The molecular weight excluding hydrogens is 258 g/mol. The Morgan fingerprint density at radius 3 is 3.07 bits per heavy atom. The first-order valence-electron chi connectivity index (χ1n) is 4.99. The predicted molar refractivity (Wildman–Crippen MR) is 62.6 cm³/mol. The fraction of sp³-hybridized carbons (Fsp3) is 0.455. The Labute approximate surface area is 97.7 Å². The second-order valence-electron chi connectivity index (χ2n) is 3.60. The van der Waals surface area contributed by atoms with E-state index in [1.165, 1.54) is 0 Å². The summed E-state index contributed by atoms with van der Waals surface area (Å²) in [5, 5.41) is 0. The van der Waals surface area contributed by atoms with Gasteiger partial charge in [-0.2, -0.15) is 0 Å². The summed E-state index contributed by atoms with van der Waals surface area (Å²) in [6.45, 7) is 2.04. The standard InChI is InChI=1S/C11H14BrNO2/c12-10-2-1-3-11(13)9(10)7-15-8-4-5-14-6-8/h1-3,8H,4-7,13H2. The van der Waals surface area contributed by atoms with Crippen molar-refractivity contribution in [1.29, 1.82) is 0 Å². The van der Waals surface area contributed by atoms with Crippen LogP contribution in [0.2, 0.25) is 0 Å². The third-order valence-electron chi connectivity index (χ3n) is 2.51. The van der Waals surface area contributed by atoms with E-state index in [-0.39, 0.29) is 6.10 Å². The highest BCUT2D eigenvalue weighted by molar-refractivity contribution is 9.10. The normalized spacial score (nSPS) is 20.7. The van der Waals surface area contributed by atoms with Crippen molar-refractivity contribution in [3.8, 4) is 0 Å². The lowest BCUT2D eigenvalue weighted by atomic mass is 10.2. The van der Waals surface area contributed by atoms with E-state index in [1.807, 2.05) is 18.2 Å². The molecule has 0 bridgehead atoms. The fourth-order valence-corrected chi connectivity index (χ4v) is 2.07. The van der Waals surface area contributed by atoms with Crippen LogP contribution in [0, 0.1) is 0 Å². The number of ether oxygens (including phenoxy) is 2. The topological polar surface area (TPSA) is 44.5 Å². The van der Waals surface area contributed by atoms with Gasteiger partial charge in [0, 0.05) is 22.3 Å². The molecule has 0 spiro atoms. The average Bonchev–Trinajstić information content (AvgIpc) is 2.70. The molecule has 1 aliphatic heterocycles. The van der Waals surface area contributed by atoms with Crippen LogP contribution in [0.3, 0.4) is 0 Å². The minimum atomic E-state index is 0.219. The van der Waals surface area contributed by atoms with Crippen LogP contribution in [0.25, 0.3) is 0 Å². The van der Waals surface area contributed by atoms with Crippen LogP contribution in [0.1, 0.15) is 12.0 Å². The second-order valence-corrected chi connectivity index (χ2v) is 4.46. The molecule has 15 heavy (non-hydrogen) atoms. The van der Waals surface area contributed by atoms with E-state index in [4.69, 9.17) is 15.2 Å². The molecule has 0 amide bonds. The van der Waals surface area contributed by atoms with Crippen LogP contribution in [0.15, 0.2) is 22.7 Å². The van der Waals surface area contributed by atoms with E-state index in [0.717, 1.165) is 28.8 Å². The Hall–Kier alpha value is -0.580. The van der Waals surface area contributed by atoms with Crippen molar-refractivity contribution in [1.82, 2.24) is 0 Å². The van der Waals surface area contributed by atoms with Crippen molar-refractivity contribution in [3.05, 3.63) is 28.2 Å². The zero-order valence-electron chi connectivity index (χ0n) is 8.41. The number of anilines is 1. The van der Waals surface area contributed by atoms with Crippen LogP contribution in [0.4, 0.5) is 5.69 Å². The third-order valence-corrected chi connectivity index (χ3v) is 3.25. The van der Waals surface area contributed by atoms with Crippen LogP contribution in [-0.2, 0) is 16.1 Å². The Bertz CT molecular complexity index is 317. The SMILES string of the molecule is Nc1cccc(Br)c1COC1CCOC1. The molecule has 0 radical (unpaired) electrons. The molecule has 1 atom stereocenters. The Morgan fingerprint density at radius 1 is 1.53 bits per heavy atom. The quantitative estimate of drug-likeness (QED) is 0.859. The van der Waals surface area contributed by atoms with Gasteiger partial charge in [0.25, 0.3) is 0 Å². The minimum Gasteiger partial charge on any atom is -0.398 e. The van der Waals surface area contributed by atoms with Gasteiger partial charge in [0.05, 0.1) is 19.3 Å². The Kier molecular flexibility index (Phi) is 3.61. The molecule has 0 aromatic heterocycles. The maximum absolute atomic E-state index is 5.86. The summed E-state index contributed by atoms with van der Waals surface area (Å²) in [6, 6.07) is 5.77. The molecule has 3 nitrogen and oxygen atoms in total. The van der Waals surface area contributed by atoms with Crippen molar-refractivity contribution in [2.24, 2.45) is 0 Å². The second kappa shape index (κ2) is 4.96. The molecule has 1 saturated heterocycles. The summed E-state index contributed by atoms with van der Waals surface area (Å²) in [5.41, 5.74) is 7.65. The van der Waals surface area contributed by atoms with E-state index in [2.05, 4.69) is 15.9 Å². The molecule has 1 heterocycles. The van der Waals surface area contributed by atoms with Gasteiger partial charge in [-0.1, -0.05) is 22.0 Å². The molecule has 1 unspecified atom stereocenters. The van der Waals surface area contributed by atoms with Crippen LogP contribution in [-0.4, -0.2) is 19.3 Å². The van der Waals surface area contributed by atoms with Gasteiger partial charge in [0.1, 0.15) is 0 Å². The molecule has 1 aromatic carbocycles. The van der Waals surface area contributed by atoms with Gasteiger partial charge in [-0.3, -0.25) is 0 Å². The third kappa shape index (κ3) is 2.71. The van der Waals surface area contributed by atoms with Crippen molar-refractivity contribution >= 4 is 21.6 Å². The number of hydrogen-bond acceptors (Lipinski definition) is 3. The van der Waals surface area contributed by atoms with Gasteiger partial charge in [-0.05, 0) is 18.6 Å². The first kappa shape index (κ1) is 10.9. The number of rotatable bonds is 3. The summed E-state index contributed by atoms with van der Waals surface area (Å²) in [4.78, 5) is 0. The average molecular weight is 272 g/mol. The van der Waals surface area contributed by atoms with Gasteiger partial charge in [-0.15, -0.1) is 0 Å². The van der Waals surface area contributed by atoms with E-state index in [9.17, 15) is 0 Å². The summed E-state index contributed by atoms with van der Waals surface area (Å²) in [6.07, 6.45) is 1.20. The monoisotopic (exact) mass is 271 g/mol. The first-order valence-corrected chi connectivity index (χ1v) is 5.79. The summed E-state index contributed by atoms with van der Waals surface area (Å²) < 4.78 is 12.0. The molecule has 4 heteroatoms. The highest BCUT2D eigenvalue weighted by atomic mass is 79.9. The van der Waals surface area contributed by atoms with Gasteiger partial charge >= 0.3 is 0 Å². The van der Waals surface area contributed by atoms with E-state index in [1.54, 1.807) is 0 Å². The molecule has 1 aromatic rings. The van der Waals surface area contributed by atoms with Gasteiger partial charge in [0.2, 0.25) is 0 Å². The van der Waals surface area contributed by atoms with E-state index in [0.29, 0.717) is 13.2 Å². The molecule has 1 aliphatic rings. The smallest absolute Gasteiger partial charge is 0.0835 e. The van der Waals surface area contributed by atoms with Crippen molar-refractivity contribution in [3.63, 3.8) is 0 Å². The lowest BCUT2D eigenvalue weighted by Crippen LogP contribution is -2.12. The molecule has 0 aliphatic carbocycles. The molecule has 1 fully saturated rings. The molecular formula is C11H14BrNO2. The van der Waals surface area contributed by atoms with Crippen molar-refractivity contribution in [2.75, 3.05) is 18.9 Å². The zero-order chi connectivity index (χ0) is 10.7. The Morgan fingerprint density at radius 2 is 2.40 bits per heavy atom. The zero-order valence-corrected chi connectivity index (χ0v) is 10.00. The number of nitrogen functional groups attached to an aromatic ring is 1. The fourth-order valence-electron chi connectivity index (χ4n) is 1.57.